The van der Waals surface area contributed by atoms with Crippen molar-refractivity contribution >= 4 is 16.8 Å². The van der Waals surface area contributed by atoms with Crippen LogP contribution in [0.1, 0.15) is 86.3 Å². The van der Waals surface area contributed by atoms with Gasteiger partial charge in [-0.1, -0.05) is 53.7 Å². The summed E-state index contributed by atoms with van der Waals surface area (Å²) < 4.78 is 0. The molecule has 1 nitrogen and oxygen atoms in total. The van der Waals surface area contributed by atoms with Crippen molar-refractivity contribution in [2.75, 3.05) is 0 Å². The van der Waals surface area contributed by atoms with E-state index in [4.69, 9.17) is 11.6 Å². The molecule has 1 aromatic rings. The molecule has 0 amide bonds. The summed E-state index contributed by atoms with van der Waals surface area (Å²) in [5.74, 6) is 1.01. The number of carbonyl (C=O) groups excluding carboxylic acids is 1. The third-order valence-corrected chi connectivity index (χ3v) is 3.52. The summed E-state index contributed by atoms with van der Waals surface area (Å²) in [5.41, 5.74) is 4.14. The van der Waals surface area contributed by atoms with E-state index in [9.17, 15) is 4.79 Å². The molecule has 0 bridgehead atoms. The topological polar surface area (TPSA) is 17.1 Å². The average Bonchev–Trinajstić information content (AvgIpc) is 2.26. The van der Waals surface area contributed by atoms with Gasteiger partial charge in [-0.05, 0) is 46.0 Å². The Morgan fingerprint density at radius 1 is 0.889 bits per heavy atom. The van der Waals surface area contributed by atoms with Crippen molar-refractivity contribution in [1.29, 1.82) is 0 Å². The highest BCUT2D eigenvalue weighted by Gasteiger charge is 2.22. The van der Waals surface area contributed by atoms with Crippen LogP contribution in [-0.4, -0.2) is 5.24 Å². The molecule has 1 aromatic carbocycles. The third-order valence-electron chi connectivity index (χ3n) is 3.33. The van der Waals surface area contributed by atoms with E-state index in [-0.39, 0.29) is 5.24 Å². The van der Waals surface area contributed by atoms with E-state index in [0.29, 0.717) is 17.8 Å². The van der Waals surface area contributed by atoms with Gasteiger partial charge < -0.3 is 0 Å². The highest BCUT2D eigenvalue weighted by atomic mass is 35.5. The van der Waals surface area contributed by atoms with E-state index in [0.717, 1.165) is 16.7 Å². The van der Waals surface area contributed by atoms with Crippen molar-refractivity contribution in [3.05, 3.63) is 34.4 Å². The molecule has 100 valence electrons. The van der Waals surface area contributed by atoms with Crippen LogP contribution in [0, 0.1) is 0 Å². The maximum atomic E-state index is 11.8. The molecule has 2 heteroatoms. The van der Waals surface area contributed by atoms with Gasteiger partial charge >= 0.3 is 0 Å². The SMILES string of the molecule is CC(C)c1ccc(C(C)C)c(C(C)C)c1C(=O)Cl. The number of carbonyl (C=O) groups is 1. The second kappa shape index (κ2) is 5.88. The molecular formula is C16H23ClO. The monoisotopic (exact) mass is 266 g/mol. The summed E-state index contributed by atoms with van der Waals surface area (Å²) >= 11 is 5.84. The molecule has 0 heterocycles. The molecule has 0 aliphatic carbocycles. The highest BCUT2D eigenvalue weighted by Crippen LogP contribution is 2.35. The van der Waals surface area contributed by atoms with Crippen LogP contribution in [0.15, 0.2) is 12.1 Å². The largest absolute Gasteiger partial charge is 0.276 e. The molecule has 1 rings (SSSR count). The molecule has 0 aliphatic heterocycles. The van der Waals surface area contributed by atoms with E-state index in [1.165, 1.54) is 5.56 Å². The Bertz CT molecular complexity index is 445. The van der Waals surface area contributed by atoms with Gasteiger partial charge in [0.2, 0.25) is 0 Å². The molecule has 0 saturated carbocycles. The van der Waals surface area contributed by atoms with Gasteiger partial charge in [-0.3, -0.25) is 4.79 Å². The summed E-state index contributed by atoms with van der Waals surface area (Å²) in [6, 6.07) is 4.21. The lowest BCUT2D eigenvalue weighted by Crippen LogP contribution is -2.10. The number of halogens is 1. The molecule has 0 radical (unpaired) electrons. The van der Waals surface area contributed by atoms with Crippen molar-refractivity contribution in [2.45, 2.75) is 59.3 Å². The van der Waals surface area contributed by atoms with Gasteiger partial charge in [0.1, 0.15) is 0 Å². The fourth-order valence-corrected chi connectivity index (χ4v) is 2.69. The van der Waals surface area contributed by atoms with Gasteiger partial charge in [-0.25, -0.2) is 0 Å². The van der Waals surface area contributed by atoms with E-state index in [1.807, 2.05) is 0 Å². The number of hydrogen-bond donors (Lipinski definition) is 0. The van der Waals surface area contributed by atoms with Crippen LogP contribution in [0.2, 0.25) is 0 Å². The van der Waals surface area contributed by atoms with Gasteiger partial charge in [-0.15, -0.1) is 0 Å². The predicted molar refractivity (Wildman–Crippen MR) is 78.9 cm³/mol. The lowest BCUT2D eigenvalue weighted by Gasteiger charge is -2.22. The normalized spacial score (nSPS) is 11.7. The molecule has 0 fully saturated rings. The fraction of sp³-hybridized carbons (Fsp3) is 0.562. The van der Waals surface area contributed by atoms with Crippen LogP contribution < -0.4 is 0 Å². The number of hydrogen-bond acceptors (Lipinski definition) is 1. The summed E-state index contributed by atoms with van der Waals surface area (Å²) in [5, 5.41) is -0.329. The van der Waals surface area contributed by atoms with Gasteiger partial charge in [0.15, 0.2) is 0 Å². The smallest absolute Gasteiger partial charge is 0.252 e. The minimum Gasteiger partial charge on any atom is -0.276 e. The Labute approximate surface area is 116 Å². The predicted octanol–water partition coefficient (Wildman–Crippen LogP) is 5.44. The number of rotatable bonds is 4. The maximum Gasteiger partial charge on any atom is 0.252 e. The van der Waals surface area contributed by atoms with E-state index >= 15 is 0 Å². The molecule has 18 heavy (non-hydrogen) atoms. The second-order valence-corrected chi connectivity index (χ2v) is 6.11. The molecular weight excluding hydrogens is 244 g/mol. The van der Waals surface area contributed by atoms with Gasteiger partial charge in [0.05, 0.1) is 0 Å². The maximum absolute atomic E-state index is 11.8. The zero-order chi connectivity index (χ0) is 14.0. The highest BCUT2D eigenvalue weighted by molar-refractivity contribution is 6.68. The molecule has 0 aliphatic rings. The first-order chi connectivity index (χ1) is 8.27. The molecule has 0 aromatic heterocycles. The minimum absolute atomic E-state index is 0.304. The lowest BCUT2D eigenvalue weighted by molar-refractivity contribution is 0.107. The standard InChI is InChI=1S/C16H23ClO/c1-9(2)12-7-8-13(10(3)4)15(16(17)18)14(12)11(5)6/h7-11H,1-6H3. The Hall–Kier alpha value is -0.820. The van der Waals surface area contributed by atoms with Crippen molar-refractivity contribution in [3.63, 3.8) is 0 Å². The lowest BCUT2D eigenvalue weighted by atomic mass is 9.82. The Kier molecular flexibility index (Phi) is 4.98. The first kappa shape index (κ1) is 15.2. The van der Waals surface area contributed by atoms with Crippen molar-refractivity contribution in [1.82, 2.24) is 0 Å². The first-order valence-corrected chi connectivity index (χ1v) is 7.01. The van der Waals surface area contributed by atoms with Gasteiger partial charge in [0.25, 0.3) is 5.24 Å². The zero-order valence-electron chi connectivity index (χ0n) is 12.2. The van der Waals surface area contributed by atoms with Crippen LogP contribution in [0.25, 0.3) is 0 Å². The average molecular weight is 267 g/mol. The van der Waals surface area contributed by atoms with Gasteiger partial charge in [-0.2, -0.15) is 0 Å². The quantitative estimate of drug-likeness (QED) is 0.664. The van der Waals surface area contributed by atoms with E-state index < -0.39 is 0 Å². The van der Waals surface area contributed by atoms with Gasteiger partial charge in [0, 0.05) is 5.56 Å². The Balaban J connectivity index is 3.65. The summed E-state index contributed by atoms with van der Waals surface area (Å²) in [7, 11) is 0. The third kappa shape index (κ3) is 2.95. The second-order valence-electron chi connectivity index (χ2n) is 5.77. The van der Waals surface area contributed by atoms with E-state index in [2.05, 4.69) is 53.7 Å². The minimum atomic E-state index is -0.329. The van der Waals surface area contributed by atoms with Crippen molar-refractivity contribution in [3.8, 4) is 0 Å². The molecule has 0 saturated heterocycles. The van der Waals surface area contributed by atoms with Crippen molar-refractivity contribution in [2.24, 2.45) is 0 Å². The summed E-state index contributed by atoms with van der Waals surface area (Å²) in [4.78, 5) is 11.8. The first-order valence-electron chi connectivity index (χ1n) is 6.63. The molecule has 0 N–H and O–H groups in total. The molecule has 0 spiro atoms. The molecule has 0 atom stereocenters. The summed E-state index contributed by atoms with van der Waals surface area (Å²) in [6.45, 7) is 12.7. The fourth-order valence-electron chi connectivity index (χ4n) is 2.48. The Morgan fingerprint density at radius 2 is 1.33 bits per heavy atom. The van der Waals surface area contributed by atoms with Crippen molar-refractivity contribution < 1.29 is 4.79 Å². The van der Waals surface area contributed by atoms with Crippen LogP contribution in [0.3, 0.4) is 0 Å². The summed E-state index contributed by atoms with van der Waals surface area (Å²) in [6.07, 6.45) is 0. The zero-order valence-corrected chi connectivity index (χ0v) is 12.9. The van der Waals surface area contributed by atoms with Crippen LogP contribution in [0.5, 0.6) is 0 Å². The Morgan fingerprint density at radius 3 is 1.67 bits per heavy atom. The number of benzene rings is 1. The van der Waals surface area contributed by atoms with Crippen LogP contribution in [0.4, 0.5) is 0 Å². The van der Waals surface area contributed by atoms with E-state index in [1.54, 1.807) is 0 Å². The van der Waals surface area contributed by atoms with Crippen LogP contribution in [-0.2, 0) is 0 Å². The molecule has 0 unspecified atom stereocenters. The van der Waals surface area contributed by atoms with Crippen LogP contribution >= 0.6 is 11.6 Å².